The summed E-state index contributed by atoms with van der Waals surface area (Å²) in [6, 6.07) is 7.68. The van der Waals surface area contributed by atoms with Gasteiger partial charge in [0.05, 0.1) is 18.7 Å². The van der Waals surface area contributed by atoms with Crippen LogP contribution in [0.15, 0.2) is 28.7 Å². The van der Waals surface area contributed by atoms with Crippen molar-refractivity contribution < 1.29 is 13.9 Å². The molecule has 1 fully saturated rings. The van der Waals surface area contributed by atoms with Crippen LogP contribution < -0.4 is 0 Å². The highest BCUT2D eigenvalue weighted by Crippen LogP contribution is 2.17. The first-order chi connectivity index (χ1) is 9.75. The minimum absolute atomic E-state index is 0.139. The summed E-state index contributed by atoms with van der Waals surface area (Å²) in [6.07, 6.45) is 0.428. The third kappa shape index (κ3) is 2.62. The van der Waals surface area contributed by atoms with E-state index in [1.807, 2.05) is 33.7 Å². The zero-order chi connectivity index (χ0) is 13.9. The topological polar surface area (TPSA) is 47.6 Å². The third-order valence-electron chi connectivity index (χ3n) is 3.49. The fourth-order valence-corrected chi connectivity index (χ4v) is 2.68. The van der Waals surface area contributed by atoms with E-state index in [4.69, 9.17) is 21.4 Å². The number of amides is 1. The molecule has 1 amide bonds. The molecular weight excluding hydrogens is 276 g/mol. The minimum atomic E-state index is 0.139. The van der Waals surface area contributed by atoms with Gasteiger partial charge < -0.3 is 14.1 Å². The molecule has 1 aliphatic rings. The molecule has 5 nitrogen and oxygen atoms in total. The molecule has 2 aromatic rings. The van der Waals surface area contributed by atoms with E-state index >= 15 is 0 Å². The predicted molar refractivity (Wildman–Crippen MR) is 77.1 cm³/mol. The van der Waals surface area contributed by atoms with E-state index in [1.54, 1.807) is 0 Å². The second-order valence-corrected chi connectivity index (χ2v) is 5.08. The van der Waals surface area contributed by atoms with Gasteiger partial charge in [0.1, 0.15) is 0 Å². The summed E-state index contributed by atoms with van der Waals surface area (Å²) < 4.78 is 12.6. The number of hydrogen-bond donors (Lipinski definition) is 0. The van der Waals surface area contributed by atoms with Crippen molar-refractivity contribution in [2.24, 2.45) is 0 Å². The number of para-hydroxylation sites is 2. The number of rotatable bonds is 3. The van der Waals surface area contributed by atoms with Gasteiger partial charge in [-0.25, -0.2) is 0 Å². The molecule has 20 heavy (non-hydrogen) atoms. The van der Waals surface area contributed by atoms with Crippen LogP contribution in [0.1, 0.15) is 6.42 Å². The number of fused-ring (bicyclic) bond motifs is 1. The Morgan fingerprint density at radius 1 is 1.25 bits per heavy atom. The molecule has 0 saturated carbocycles. The Kier molecular flexibility index (Phi) is 3.84. The molecule has 0 spiro atoms. The molecule has 1 saturated heterocycles. The summed E-state index contributed by atoms with van der Waals surface area (Å²) in [6.45, 7) is 3.15. The van der Waals surface area contributed by atoms with Gasteiger partial charge in [0.15, 0.2) is 5.58 Å². The van der Waals surface area contributed by atoms with E-state index in [0.29, 0.717) is 44.1 Å². The Morgan fingerprint density at radius 3 is 2.80 bits per heavy atom. The zero-order valence-corrected chi connectivity index (χ0v) is 11.9. The molecule has 2 heterocycles. The van der Waals surface area contributed by atoms with Crippen LogP contribution in [0, 0.1) is 4.84 Å². The Labute approximate surface area is 121 Å². The number of oxazole rings is 1. The average Bonchev–Trinajstić information content (AvgIpc) is 2.81. The van der Waals surface area contributed by atoms with Gasteiger partial charge in [0.25, 0.3) is 4.84 Å². The van der Waals surface area contributed by atoms with Gasteiger partial charge in [-0.15, -0.1) is 0 Å². The van der Waals surface area contributed by atoms with E-state index in [2.05, 4.69) is 0 Å². The fourth-order valence-electron chi connectivity index (χ4n) is 2.40. The summed E-state index contributed by atoms with van der Waals surface area (Å²) >= 11 is 5.21. The average molecular weight is 292 g/mol. The van der Waals surface area contributed by atoms with E-state index in [9.17, 15) is 4.79 Å². The first-order valence-corrected chi connectivity index (χ1v) is 7.10. The van der Waals surface area contributed by atoms with Gasteiger partial charge in [-0.05, 0) is 24.4 Å². The van der Waals surface area contributed by atoms with Crippen molar-refractivity contribution in [1.82, 2.24) is 9.47 Å². The molecule has 1 aromatic carbocycles. The Balaban J connectivity index is 1.72. The first-order valence-electron chi connectivity index (χ1n) is 6.69. The zero-order valence-electron chi connectivity index (χ0n) is 11.1. The van der Waals surface area contributed by atoms with E-state index < -0.39 is 0 Å². The van der Waals surface area contributed by atoms with Crippen molar-refractivity contribution in [3.63, 3.8) is 0 Å². The van der Waals surface area contributed by atoms with Crippen LogP contribution in [0.25, 0.3) is 11.1 Å². The Morgan fingerprint density at radius 2 is 2.00 bits per heavy atom. The van der Waals surface area contributed by atoms with E-state index in [0.717, 1.165) is 11.1 Å². The van der Waals surface area contributed by atoms with Crippen molar-refractivity contribution in [2.75, 3.05) is 26.3 Å². The second kappa shape index (κ2) is 5.76. The maximum absolute atomic E-state index is 12.1. The van der Waals surface area contributed by atoms with Crippen LogP contribution in [-0.4, -0.2) is 41.7 Å². The molecule has 3 rings (SSSR count). The van der Waals surface area contributed by atoms with Crippen molar-refractivity contribution >= 4 is 29.2 Å². The highest BCUT2D eigenvalue weighted by Gasteiger charge is 2.17. The van der Waals surface area contributed by atoms with Crippen molar-refractivity contribution in [3.05, 3.63) is 29.1 Å². The smallest absolute Gasteiger partial charge is 0.269 e. The van der Waals surface area contributed by atoms with Gasteiger partial charge in [-0.3, -0.25) is 9.36 Å². The third-order valence-corrected chi connectivity index (χ3v) is 3.79. The van der Waals surface area contributed by atoms with Crippen molar-refractivity contribution in [1.29, 1.82) is 0 Å². The monoisotopic (exact) mass is 292 g/mol. The first kappa shape index (κ1) is 13.3. The SMILES string of the molecule is O=C(CCn1c(=S)oc2ccccc21)N1CCOCC1. The molecule has 0 atom stereocenters. The Hall–Kier alpha value is -1.66. The van der Waals surface area contributed by atoms with Gasteiger partial charge in [-0.2, -0.15) is 0 Å². The molecule has 0 N–H and O–H groups in total. The number of carbonyl (C=O) groups is 1. The van der Waals surface area contributed by atoms with E-state index in [1.165, 1.54) is 0 Å². The summed E-state index contributed by atoms with van der Waals surface area (Å²) in [5.74, 6) is 0.139. The van der Waals surface area contributed by atoms with Crippen LogP contribution in [0.5, 0.6) is 0 Å². The molecule has 0 unspecified atom stereocenters. The number of benzene rings is 1. The standard InChI is InChI=1S/C14H16N2O3S/c17-13(15-7-9-18-10-8-15)5-6-16-11-3-1-2-4-12(11)19-14(16)20/h1-4H,5-10H2. The van der Waals surface area contributed by atoms with Crippen LogP contribution in [-0.2, 0) is 16.1 Å². The number of hydrogen-bond acceptors (Lipinski definition) is 4. The summed E-state index contributed by atoms with van der Waals surface area (Å²) in [7, 11) is 0. The molecule has 0 radical (unpaired) electrons. The summed E-state index contributed by atoms with van der Waals surface area (Å²) in [4.78, 5) is 14.4. The molecule has 1 aliphatic heterocycles. The summed E-state index contributed by atoms with van der Waals surface area (Å²) in [5, 5.41) is 0. The van der Waals surface area contributed by atoms with Gasteiger partial charge in [-0.1, -0.05) is 12.1 Å². The van der Waals surface area contributed by atoms with Gasteiger partial charge in [0, 0.05) is 26.1 Å². The lowest BCUT2D eigenvalue weighted by Crippen LogP contribution is -2.40. The number of aryl methyl sites for hydroxylation is 1. The largest absolute Gasteiger partial charge is 0.429 e. The van der Waals surface area contributed by atoms with Crippen LogP contribution in [0.2, 0.25) is 0 Å². The number of nitrogens with zero attached hydrogens (tertiary/aromatic N) is 2. The van der Waals surface area contributed by atoms with Crippen LogP contribution >= 0.6 is 12.2 Å². The van der Waals surface area contributed by atoms with Crippen LogP contribution in [0.3, 0.4) is 0 Å². The Bertz CT molecular complexity index is 670. The van der Waals surface area contributed by atoms with Crippen molar-refractivity contribution in [3.8, 4) is 0 Å². The molecule has 0 aliphatic carbocycles. The van der Waals surface area contributed by atoms with E-state index in [-0.39, 0.29) is 5.91 Å². The van der Waals surface area contributed by atoms with Gasteiger partial charge in [0.2, 0.25) is 5.91 Å². The predicted octanol–water partition coefficient (Wildman–Crippen LogP) is 2.21. The lowest BCUT2D eigenvalue weighted by Gasteiger charge is -2.26. The maximum atomic E-state index is 12.1. The molecule has 0 bridgehead atoms. The number of ether oxygens (including phenoxy) is 1. The number of morpholine rings is 1. The quantitative estimate of drug-likeness (QED) is 0.814. The molecular formula is C14H16N2O3S. The lowest BCUT2D eigenvalue weighted by atomic mass is 10.3. The number of carbonyl (C=O) groups excluding carboxylic acids is 1. The van der Waals surface area contributed by atoms with Crippen LogP contribution in [0.4, 0.5) is 0 Å². The highest BCUT2D eigenvalue weighted by atomic mass is 32.1. The highest BCUT2D eigenvalue weighted by molar-refractivity contribution is 7.71. The molecule has 106 valence electrons. The molecule has 6 heteroatoms. The number of aromatic nitrogens is 1. The molecule has 1 aromatic heterocycles. The van der Waals surface area contributed by atoms with Crippen molar-refractivity contribution in [2.45, 2.75) is 13.0 Å². The minimum Gasteiger partial charge on any atom is -0.429 e. The summed E-state index contributed by atoms with van der Waals surface area (Å²) in [5.41, 5.74) is 1.70. The second-order valence-electron chi connectivity index (χ2n) is 4.73. The van der Waals surface area contributed by atoms with Gasteiger partial charge >= 0.3 is 0 Å². The lowest BCUT2D eigenvalue weighted by molar-refractivity contribution is -0.135. The normalized spacial score (nSPS) is 15.7. The fraction of sp³-hybridized carbons (Fsp3) is 0.429. The maximum Gasteiger partial charge on any atom is 0.269 e.